The van der Waals surface area contributed by atoms with E-state index >= 15 is 0 Å². The molecule has 0 aliphatic heterocycles. The van der Waals surface area contributed by atoms with Crippen LogP contribution in [0.4, 0.5) is 18.9 Å². The minimum absolute atomic E-state index is 0.119. The largest absolute Gasteiger partial charge is 0.416 e. The predicted molar refractivity (Wildman–Crippen MR) is 83.5 cm³/mol. The van der Waals surface area contributed by atoms with Crippen LogP contribution in [0.25, 0.3) is 0 Å². The lowest BCUT2D eigenvalue weighted by atomic mass is 10.0. The van der Waals surface area contributed by atoms with Crippen molar-refractivity contribution in [3.05, 3.63) is 64.7 Å². The Kier molecular flexibility index (Phi) is 4.92. The fraction of sp³-hybridized carbons (Fsp3) is 0.176. The van der Waals surface area contributed by atoms with E-state index in [4.69, 9.17) is 5.73 Å². The number of halogens is 3. The van der Waals surface area contributed by atoms with Gasteiger partial charge in [-0.15, -0.1) is 0 Å². The van der Waals surface area contributed by atoms with Crippen LogP contribution >= 0.6 is 0 Å². The van der Waals surface area contributed by atoms with E-state index in [1.165, 1.54) is 30.3 Å². The van der Waals surface area contributed by atoms with E-state index in [-0.39, 0.29) is 11.1 Å². The zero-order valence-corrected chi connectivity index (χ0v) is 12.8. The van der Waals surface area contributed by atoms with Crippen molar-refractivity contribution in [2.45, 2.75) is 19.5 Å². The summed E-state index contributed by atoms with van der Waals surface area (Å²) in [7, 11) is 0. The minimum atomic E-state index is -4.53. The summed E-state index contributed by atoms with van der Waals surface area (Å²) in [5.41, 5.74) is 5.30. The third-order valence-corrected chi connectivity index (χ3v) is 3.55. The summed E-state index contributed by atoms with van der Waals surface area (Å²) < 4.78 is 38.8. The summed E-state index contributed by atoms with van der Waals surface area (Å²) in [5, 5.41) is 2.52. The van der Waals surface area contributed by atoms with Gasteiger partial charge in [0.05, 0.1) is 12.0 Å². The van der Waals surface area contributed by atoms with Gasteiger partial charge in [0.1, 0.15) is 0 Å². The molecule has 0 saturated heterocycles. The molecule has 0 spiro atoms. The molecule has 0 bridgehead atoms. The summed E-state index contributed by atoms with van der Waals surface area (Å²) in [6, 6.07) is 9.49. The maximum atomic E-state index is 12.9. The molecule has 0 aliphatic carbocycles. The molecule has 126 valence electrons. The number of primary amides is 1. The Labute approximate surface area is 136 Å². The lowest BCUT2D eigenvalue weighted by molar-refractivity contribution is -0.138. The molecule has 0 atom stereocenters. The molecule has 0 aliphatic rings. The SMILES string of the molecule is Cc1c(NC(=O)Cc2ccccc2C(F)(F)F)cccc1C(N)=O. The van der Waals surface area contributed by atoms with E-state index in [9.17, 15) is 22.8 Å². The minimum Gasteiger partial charge on any atom is -0.366 e. The molecule has 2 aromatic carbocycles. The molecule has 0 unspecified atom stereocenters. The van der Waals surface area contributed by atoms with Crippen molar-refractivity contribution >= 4 is 17.5 Å². The van der Waals surface area contributed by atoms with Gasteiger partial charge < -0.3 is 11.1 Å². The van der Waals surface area contributed by atoms with Gasteiger partial charge in [0.25, 0.3) is 0 Å². The van der Waals surface area contributed by atoms with Gasteiger partial charge in [-0.1, -0.05) is 24.3 Å². The Bertz CT molecular complexity index is 786. The Balaban J connectivity index is 2.22. The van der Waals surface area contributed by atoms with E-state index in [1.807, 2.05) is 0 Å². The smallest absolute Gasteiger partial charge is 0.366 e. The highest BCUT2D eigenvalue weighted by Gasteiger charge is 2.33. The standard InChI is InChI=1S/C17H15F3N2O2/c1-10-12(16(21)24)6-4-8-14(10)22-15(23)9-11-5-2-3-7-13(11)17(18,19)20/h2-8H,9H2,1H3,(H2,21,24)(H,22,23). The van der Waals surface area contributed by atoms with Crippen LogP contribution in [0.1, 0.15) is 27.0 Å². The average Bonchev–Trinajstić information content (AvgIpc) is 2.48. The second-order valence-electron chi connectivity index (χ2n) is 5.22. The monoisotopic (exact) mass is 336 g/mol. The molecule has 2 rings (SSSR count). The van der Waals surface area contributed by atoms with E-state index in [0.717, 1.165) is 6.07 Å². The van der Waals surface area contributed by atoms with Gasteiger partial charge in [-0.2, -0.15) is 13.2 Å². The molecule has 24 heavy (non-hydrogen) atoms. The van der Waals surface area contributed by atoms with Crippen LogP contribution in [0.15, 0.2) is 42.5 Å². The van der Waals surface area contributed by atoms with E-state index in [1.54, 1.807) is 13.0 Å². The molecular weight excluding hydrogens is 321 g/mol. The summed E-state index contributed by atoms with van der Waals surface area (Å²) in [6.45, 7) is 1.60. The van der Waals surface area contributed by atoms with Gasteiger partial charge in [0.2, 0.25) is 11.8 Å². The Morgan fingerprint density at radius 3 is 2.38 bits per heavy atom. The number of carbonyl (C=O) groups excluding carboxylic acids is 2. The van der Waals surface area contributed by atoms with E-state index in [2.05, 4.69) is 5.32 Å². The number of nitrogens with two attached hydrogens (primary N) is 1. The first-order valence-electron chi connectivity index (χ1n) is 7.04. The third-order valence-electron chi connectivity index (χ3n) is 3.55. The van der Waals surface area contributed by atoms with Gasteiger partial charge in [0.15, 0.2) is 0 Å². The summed E-state index contributed by atoms with van der Waals surface area (Å²) in [5.74, 6) is -1.26. The Morgan fingerprint density at radius 1 is 1.08 bits per heavy atom. The number of benzene rings is 2. The van der Waals surface area contributed by atoms with E-state index in [0.29, 0.717) is 11.3 Å². The van der Waals surface area contributed by atoms with Crippen molar-refractivity contribution in [1.29, 1.82) is 0 Å². The average molecular weight is 336 g/mol. The topological polar surface area (TPSA) is 72.2 Å². The van der Waals surface area contributed by atoms with Crippen LogP contribution in [0.2, 0.25) is 0 Å². The molecule has 7 heteroatoms. The van der Waals surface area contributed by atoms with Gasteiger partial charge in [0, 0.05) is 11.3 Å². The summed E-state index contributed by atoms with van der Waals surface area (Å²) in [4.78, 5) is 23.4. The first-order chi connectivity index (χ1) is 11.2. The van der Waals surface area contributed by atoms with Crippen LogP contribution in [-0.4, -0.2) is 11.8 Å². The predicted octanol–water partition coefficient (Wildman–Crippen LogP) is 3.29. The molecule has 0 saturated carbocycles. The lowest BCUT2D eigenvalue weighted by Gasteiger charge is -2.14. The molecule has 0 aromatic heterocycles. The number of nitrogens with one attached hydrogen (secondary N) is 1. The van der Waals surface area contributed by atoms with Crippen molar-refractivity contribution < 1.29 is 22.8 Å². The molecule has 0 heterocycles. The molecule has 2 amide bonds. The highest BCUT2D eigenvalue weighted by molar-refractivity contribution is 5.99. The number of hydrogen-bond donors (Lipinski definition) is 2. The van der Waals surface area contributed by atoms with Crippen molar-refractivity contribution in [2.75, 3.05) is 5.32 Å². The van der Waals surface area contributed by atoms with Gasteiger partial charge >= 0.3 is 6.18 Å². The zero-order valence-electron chi connectivity index (χ0n) is 12.8. The molecule has 4 nitrogen and oxygen atoms in total. The fourth-order valence-corrected chi connectivity index (χ4v) is 2.36. The summed E-state index contributed by atoms with van der Waals surface area (Å²) in [6.07, 6.45) is -4.96. The number of anilines is 1. The highest BCUT2D eigenvalue weighted by Crippen LogP contribution is 2.32. The zero-order chi connectivity index (χ0) is 17.9. The van der Waals surface area contributed by atoms with Crippen LogP contribution < -0.4 is 11.1 Å². The molecule has 2 aromatic rings. The molecule has 3 N–H and O–H groups in total. The van der Waals surface area contributed by atoms with Crippen molar-refractivity contribution in [2.24, 2.45) is 5.73 Å². The van der Waals surface area contributed by atoms with Crippen LogP contribution in [0.5, 0.6) is 0 Å². The third kappa shape index (κ3) is 3.92. The van der Waals surface area contributed by atoms with Crippen molar-refractivity contribution in [1.82, 2.24) is 0 Å². The van der Waals surface area contributed by atoms with Gasteiger partial charge in [-0.25, -0.2) is 0 Å². The lowest BCUT2D eigenvalue weighted by Crippen LogP contribution is -2.19. The molecule has 0 fully saturated rings. The Morgan fingerprint density at radius 2 is 1.75 bits per heavy atom. The fourth-order valence-electron chi connectivity index (χ4n) is 2.36. The number of alkyl halides is 3. The van der Waals surface area contributed by atoms with Gasteiger partial charge in [-0.3, -0.25) is 9.59 Å². The normalized spacial score (nSPS) is 11.2. The number of hydrogen-bond acceptors (Lipinski definition) is 2. The first kappa shape index (κ1) is 17.5. The van der Waals surface area contributed by atoms with E-state index < -0.39 is 30.0 Å². The van der Waals surface area contributed by atoms with Crippen LogP contribution in [-0.2, 0) is 17.4 Å². The highest BCUT2D eigenvalue weighted by atomic mass is 19.4. The number of amides is 2. The second-order valence-corrected chi connectivity index (χ2v) is 5.22. The summed E-state index contributed by atoms with van der Waals surface area (Å²) >= 11 is 0. The first-order valence-corrected chi connectivity index (χ1v) is 7.04. The molecule has 0 radical (unpaired) electrons. The van der Waals surface area contributed by atoms with Crippen molar-refractivity contribution in [3.8, 4) is 0 Å². The number of carbonyl (C=O) groups is 2. The van der Waals surface area contributed by atoms with Crippen molar-refractivity contribution in [3.63, 3.8) is 0 Å². The second kappa shape index (κ2) is 6.74. The Hall–Kier alpha value is -2.83. The maximum absolute atomic E-state index is 12.9. The molecular formula is C17H15F3N2O2. The number of rotatable bonds is 4. The van der Waals surface area contributed by atoms with Crippen LogP contribution in [0, 0.1) is 6.92 Å². The van der Waals surface area contributed by atoms with Crippen LogP contribution in [0.3, 0.4) is 0 Å². The van der Waals surface area contributed by atoms with Gasteiger partial charge in [-0.05, 0) is 36.2 Å². The maximum Gasteiger partial charge on any atom is 0.416 e. The quantitative estimate of drug-likeness (QED) is 0.899.